The third-order valence-electron chi connectivity index (χ3n) is 6.56. The maximum absolute atomic E-state index is 13.0. The van der Waals surface area contributed by atoms with E-state index in [0.29, 0.717) is 18.5 Å². The highest BCUT2D eigenvalue weighted by Crippen LogP contribution is 2.41. The van der Waals surface area contributed by atoms with Crippen molar-refractivity contribution < 1.29 is 14.1 Å². The van der Waals surface area contributed by atoms with Crippen LogP contribution in [0.5, 0.6) is 0 Å². The SMILES string of the molecule is CSc1cc(B2OC(C)(C)C(C)(C)O2)cc2c1C(=O)N([C@@H](C)C1CC1)C2. The van der Waals surface area contributed by atoms with E-state index in [-0.39, 0.29) is 24.2 Å². The Morgan fingerprint density at radius 3 is 2.35 bits per heavy atom. The van der Waals surface area contributed by atoms with Crippen LogP contribution in [-0.4, -0.2) is 41.4 Å². The Labute approximate surface area is 161 Å². The van der Waals surface area contributed by atoms with E-state index in [1.54, 1.807) is 11.8 Å². The van der Waals surface area contributed by atoms with Crippen molar-refractivity contribution in [3.63, 3.8) is 0 Å². The largest absolute Gasteiger partial charge is 0.494 e. The van der Waals surface area contributed by atoms with Crippen LogP contribution < -0.4 is 5.46 Å². The lowest BCUT2D eigenvalue weighted by atomic mass is 9.78. The lowest BCUT2D eigenvalue weighted by Crippen LogP contribution is -2.41. The van der Waals surface area contributed by atoms with E-state index >= 15 is 0 Å². The predicted molar refractivity (Wildman–Crippen MR) is 106 cm³/mol. The van der Waals surface area contributed by atoms with Crippen LogP contribution in [-0.2, 0) is 15.9 Å². The first-order chi connectivity index (χ1) is 12.1. The smallest absolute Gasteiger partial charge is 0.399 e. The molecule has 1 aromatic carbocycles. The van der Waals surface area contributed by atoms with Gasteiger partial charge in [0.1, 0.15) is 0 Å². The standard InChI is InChI=1S/C20H28BNO3S/c1-12(13-7-8-13)22-11-14-9-15(10-16(26-6)17(14)18(22)23)21-24-19(2,3)20(4,5)25-21/h9-10,12-13H,7-8,11H2,1-6H3/t12-/m0/s1. The summed E-state index contributed by atoms with van der Waals surface area (Å²) in [5.41, 5.74) is 2.28. The zero-order valence-corrected chi connectivity index (χ0v) is 17.4. The fourth-order valence-electron chi connectivity index (χ4n) is 3.90. The zero-order chi connectivity index (χ0) is 18.9. The molecule has 0 spiro atoms. The highest BCUT2D eigenvalue weighted by Gasteiger charge is 2.52. The molecule has 2 heterocycles. The van der Waals surface area contributed by atoms with Gasteiger partial charge in [-0.25, -0.2) is 0 Å². The van der Waals surface area contributed by atoms with Crippen LogP contribution in [0.4, 0.5) is 0 Å². The molecule has 4 nitrogen and oxygen atoms in total. The van der Waals surface area contributed by atoms with Gasteiger partial charge in [-0.2, -0.15) is 0 Å². The molecule has 140 valence electrons. The van der Waals surface area contributed by atoms with Crippen molar-refractivity contribution in [2.24, 2.45) is 5.92 Å². The van der Waals surface area contributed by atoms with Gasteiger partial charge >= 0.3 is 7.12 Å². The van der Waals surface area contributed by atoms with Crippen LogP contribution in [0.15, 0.2) is 17.0 Å². The van der Waals surface area contributed by atoms with Crippen molar-refractivity contribution in [3.8, 4) is 0 Å². The number of nitrogens with zero attached hydrogens (tertiary/aromatic N) is 1. The Hall–Kier alpha value is -0.975. The first kappa shape index (κ1) is 18.4. The van der Waals surface area contributed by atoms with E-state index in [0.717, 1.165) is 21.5 Å². The lowest BCUT2D eigenvalue weighted by Gasteiger charge is -2.32. The van der Waals surface area contributed by atoms with E-state index in [9.17, 15) is 4.79 Å². The molecule has 1 amide bonds. The average Bonchev–Trinajstić information content (AvgIpc) is 3.32. The van der Waals surface area contributed by atoms with Crippen molar-refractivity contribution in [2.75, 3.05) is 6.26 Å². The van der Waals surface area contributed by atoms with Crippen molar-refractivity contribution in [2.45, 2.75) is 76.1 Å². The minimum absolute atomic E-state index is 0.184. The number of amides is 1. The first-order valence-electron chi connectivity index (χ1n) is 9.52. The molecule has 1 aliphatic carbocycles. The third kappa shape index (κ3) is 2.81. The van der Waals surface area contributed by atoms with Crippen molar-refractivity contribution in [3.05, 3.63) is 23.3 Å². The number of hydrogen-bond acceptors (Lipinski definition) is 4. The quantitative estimate of drug-likeness (QED) is 0.599. The first-order valence-corrected chi connectivity index (χ1v) is 10.7. The predicted octanol–water partition coefficient (Wildman–Crippen LogP) is 3.46. The molecule has 6 heteroatoms. The number of hydrogen-bond donors (Lipinski definition) is 0. The van der Waals surface area contributed by atoms with E-state index < -0.39 is 0 Å². The minimum atomic E-state index is -0.388. The number of carbonyl (C=O) groups is 1. The van der Waals surface area contributed by atoms with Crippen LogP contribution in [0, 0.1) is 5.92 Å². The molecule has 0 bridgehead atoms. The Morgan fingerprint density at radius 1 is 1.19 bits per heavy atom. The molecule has 3 aliphatic rings. The minimum Gasteiger partial charge on any atom is -0.399 e. The van der Waals surface area contributed by atoms with Gasteiger partial charge in [0.2, 0.25) is 0 Å². The Kier molecular flexibility index (Phi) is 4.25. The topological polar surface area (TPSA) is 38.8 Å². The summed E-state index contributed by atoms with van der Waals surface area (Å²) in [4.78, 5) is 16.1. The number of fused-ring (bicyclic) bond motifs is 1. The van der Waals surface area contributed by atoms with E-state index in [2.05, 4.69) is 51.7 Å². The second-order valence-electron chi connectivity index (χ2n) is 8.86. The fraction of sp³-hybridized carbons (Fsp3) is 0.650. The summed E-state index contributed by atoms with van der Waals surface area (Å²) in [7, 11) is -0.388. The second-order valence-corrected chi connectivity index (χ2v) is 9.70. The van der Waals surface area contributed by atoms with Gasteiger partial charge < -0.3 is 14.2 Å². The Balaban J connectivity index is 1.67. The van der Waals surface area contributed by atoms with Gasteiger partial charge in [0.05, 0.1) is 16.8 Å². The summed E-state index contributed by atoms with van der Waals surface area (Å²) in [6, 6.07) is 4.52. The number of benzene rings is 1. The highest BCUT2D eigenvalue weighted by atomic mass is 32.2. The van der Waals surface area contributed by atoms with Crippen molar-refractivity contribution in [1.29, 1.82) is 0 Å². The van der Waals surface area contributed by atoms with E-state index in [4.69, 9.17) is 9.31 Å². The summed E-state index contributed by atoms with van der Waals surface area (Å²) in [6.07, 6.45) is 4.52. The molecule has 2 fully saturated rings. The van der Waals surface area contributed by atoms with Gasteiger partial charge in [-0.1, -0.05) is 6.07 Å². The molecule has 2 aliphatic heterocycles. The van der Waals surface area contributed by atoms with Gasteiger partial charge in [0.25, 0.3) is 5.91 Å². The summed E-state index contributed by atoms with van der Waals surface area (Å²) in [5.74, 6) is 0.859. The van der Waals surface area contributed by atoms with E-state index in [1.165, 1.54) is 12.8 Å². The molecule has 1 aromatic rings. The molecule has 1 saturated heterocycles. The van der Waals surface area contributed by atoms with Gasteiger partial charge in [-0.3, -0.25) is 4.79 Å². The van der Waals surface area contributed by atoms with Crippen molar-refractivity contribution in [1.82, 2.24) is 4.90 Å². The van der Waals surface area contributed by atoms with Crippen LogP contribution in [0.3, 0.4) is 0 Å². The fourth-order valence-corrected chi connectivity index (χ4v) is 4.58. The van der Waals surface area contributed by atoms with Crippen LogP contribution >= 0.6 is 11.8 Å². The third-order valence-corrected chi connectivity index (χ3v) is 7.32. The molecule has 0 N–H and O–H groups in total. The molecule has 4 rings (SSSR count). The van der Waals surface area contributed by atoms with Gasteiger partial charge in [-0.05, 0) is 76.7 Å². The van der Waals surface area contributed by atoms with Gasteiger partial charge in [-0.15, -0.1) is 11.8 Å². The molecule has 26 heavy (non-hydrogen) atoms. The Morgan fingerprint density at radius 2 is 1.81 bits per heavy atom. The maximum atomic E-state index is 13.0. The van der Waals surface area contributed by atoms with E-state index in [1.807, 2.05) is 6.26 Å². The second kappa shape index (κ2) is 6.01. The number of thioether (sulfide) groups is 1. The lowest BCUT2D eigenvalue weighted by molar-refractivity contribution is 0.00578. The highest BCUT2D eigenvalue weighted by molar-refractivity contribution is 7.98. The summed E-state index contributed by atoms with van der Waals surface area (Å²) in [6.45, 7) is 11.2. The number of rotatable bonds is 4. The van der Waals surface area contributed by atoms with Gasteiger partial charge in [0.15, 0.2) is 0 Å². The van der Waals surface area contributed by atoms with Gasteiger partial charge in [0, 0.05) is 17.5 Å². The molecule has 0 aromatic heterocycles. The molecular weight excluding hydrogens is 345 g/mol. The molecule has 1 saturated carbocycles. The van der Waals surface area contributed by atoms with Crippen LogP contribution in [0.25, 0.3) is 0 Å². The van der Waals surface area contributed by atoms with Crippen LogP contribution in [0.2, 0.25) is 0 Å². The summed E-state index contributed by atoms with van der Waals surface area (Å²) >= 11 is 1.63. The Bertz CT molecular complexity index is 744. The molecule has 1 atom stereocenters. The normalized spacial score (nSPS) is 24.9. The van der Waals surface area contributed by atoms with Crippen LogP contribution in [0.1, 0.15) is 63.4 Å². The maximum Gasteiger partial charge on any atom is 0.494 e. The monoisotopic (exact) mass is 373 g/mol. The summed E-state index contributed by atoms with van der Waals surface area (Å²) < 4.78 is 12.5. The molecule has 0 unspecified atom stereocenters. The molecule has 0 radical (unpaired) electrons. The summed E-state index contributed by atoms with van der Waals surface area (Å²) in [5, 5.41) is 0. The average molecular weight is 373 g/mol. The van der Waals surface area contributed by atoms with Crippen molar-refractivity contribution >= 4 is 30.3 Å². The molecular formula is C20H28BNO3S. The number of carbonyl (C=O) groups excluding carboxylic acids is 1. The zero-order valence-electron chi connectivity index (χ0n) is 16.6.